The maximum absolute atomic E-state index is 12.2. The summed E-state index contributed by atoms with van der Waals surface area (Å²) >= 11 is 0. The van der Waals surface area contributed by atoms with Crippen molar-refractivity contribution in [3.05, 3.63) is 48.0 Å². The third-order valence-corrected chi connectivity index (χ3v) is 5.59. The zero-order valence-corrected chi connectivity index (χ0v) is 14.3. The molecular formula is C20H26O3. The van der Waals surface area contributed by atoms with Crippen LogP contribution in [0.1, 0.15) is 44.0 Å². The third kappa shape index (κ3) is 3.07. The minimum absolute atomic E-state index is 0.0613. The molecule has 124 valence electrons. The molecule has 2 aliphatic rings. The highest BCUT2D eigenvalue weighted by atomic mass is 16.5. The van der Waals surface area contributed by atoms with Gasteiger partial charge in [0.25, 0.3) is 0 Å². The van der Waals surface area contributed by atoms with Crippen molar-refractivity contribution in [3.63, 3.8) is 0 Å². The minimum atomic E-state index is -0.250. The second-order valence-corrected chi connectivity index (χ2v) is 7.80. The highest BCUT2D eigenvalue weighted by molar-refractivity contribution is 5.89. The number of carbonyl (C=O) groups is 1. The molecule has 0 aromatic heterocycles. The van der Waals surface area contributed by atoms with Gasteiger partial charge in [-0.2, -0.15) is 0 Å². The van der Waals surface area contributed by atoms with Crippen LogP contribution in [0.25, 0.3) is 0 Å². The molecule has 0 N–H and O–H groups in total. The van der Waals surface area contributed by atoms with Crippen LogP contribution in [0.3, 0.4) is 0 Å². The number of ether oxygens (including phenoxy) is 2. The van der Waals surface area contributed by atoms with Crippen molar-refractivity contribution in [3.8, 4) is 0 Å². The highest BCUT2D eigenvalue weighted by Crippen LogP contribution is 2.56. The standard InChI is InChI=1S/C20H26O3/c1-14(2)16-10-20(11-17(16)19(3,4)23-13-20)12-22-18(21)15-8-6-5-7-9-15/h5-9,16-17H,1,10-13H2,2-4H3/t16-,17?,20-/m0/s1. The van der Waals surface area contributed by atoms with Crippen LogP contribution in [0.5, 0.6) is 0 Å². The molecule has 2 fully saturated rings. The molecule has 0 amide bonds. The molecule has 2 bridgehead atoms. The first-order valence-corrected chi connectivity index (χ1v) is 8.35. The molecule has 1 saturated carbocycles. The van der Waals surface area contributed by atoms with E-state index in [-0.39, 0.29) is 17.0 Å². The number of hydrogen-bond acceptors (Lipinski definition) is 3. The van der Waals surface area contributed by atoms with Gasteiger partial charge in [-0.3, -0.25) is 0 Å². The van der Waals surface area contributed by atoms with E-state index in [9.17, 15) is 4.79 Å². The zero-order chi connectivity index (χ0) is 16.7. The monoisotopic (exact) mass is 314 g/mol. The molecule has 1 saturated heterocycles. The predicted molar refractivity (Wildman–Crippen MR) is 90.2 cm³/mol. The summed E-state index contributed by atoms with van der Waals surface area (Å²) in [6.07, 6.45) is 2.04. The topological polar surface area (TPSA) is 35.5 Å². The Kier molecular flexibility index (Phi) is 4.09. The number of carbonyl (C=O) groups excluding carboxylic acids is 1. The van der Waals surface area contributed by atoms with E-state index in [0.717, 1.165) is 12.8 Å². The van der Waals surface area contributed by atoms with E-state index >= 15 is 0 Å². The van der Waals surface area contributed by atoms with Gasteiger partial charge in [0.05, 0.1) is 24.4 Å². The Morgan fingerprint density at radius 1 is 1.30 bits per heavy atom. The molecule has 1 aromatic rings. The van der Waals surface area contributed by atoms with Gasteiger partial charge in [0.15, 0.2) is 0 Å². The molecular weight excluding hydrogens is 288 g/mol. The number of fused-ring (bicyclic) bond motifs is 2. The second-order valence-electron chi connectivity index (χ2n) is 7.80. The first-order chi connectivity index (χ1) is 10.8. The van der Waals surface area contributed by atoms with Gasteiger partial charge in [-0.25, -0.2) is 4.79 Å². The molecule has 3 atom stereocenters. The van der Waals surface area contributed by atoms with Crippen LogP contribution in [0.4, 0.5) is 0 Å². The SMILES string of the molecule is C=C(C)[C@@H]1C[C@]2(COC(=O)c3ccccc3)COC(C)(C)C1C2. The van der Waals surface area contributed by atoms with Crippen molar-refractivity contribution >= 4 is 5.97 Å². The van der Waals surface area contributed by atoms with Gasteiger partial charge in [-0.1, -0.05) is 30.4 Å². The van der Waals surface area contributed by atoms with E-state index in [2.05, 4.69) is 27.4 Å². The number of hydrogen-bond donors (Lipinski definition) is 0. The third-order valence-electron chi connectivity index (χ3n) is 5.59. The van der Waals surface area contributed by atoms with Crippen LogP contribution in [-0.4, -0.2) is 24.8 Å². The van der Waals surface area contributed by atoms with Crippen molar-refractivity contribution in [2.24, 2.45) is 17.3 Å². The van der Waals surface area contributed by atoms with Gasteiger partial charge in [0, 0.05) is 5.41 Å². The number of benzene rings is 1. The van der Waals surface area contributed by atoms with Crippen LogP contribution in [0.2, 0.25) is 0 Å². The van der Waals surface area contributed by atoms with Crippen molar-refractivity contribution in [2.75, 3.05) is 13.2 Å². The summed E-state index contributed by atoms with van der Waals surface area (Å²) in [4.78, 5) is 12.2. The van der Waals surface area contributed by atoms with Crippen LogP contribution in [0.15, 0.2) is 42.5 Å². The molecule has 0 spiro atoms. The molecule has 1 heterocycles. The summed E-state index contributed by atoms with van der Waals surface area (Å²) in [5, 5.41) is 0. The quantitative estimate of drug-likeness (QED) is 0.616. The van der Waals surface area contributed by atoms with E-state index in [1.165, 1.54) is 5.57 Å². The first kappa shape index (κ1) is 16.3. The summed E-state index contributed by atoms with van der Waals surface area (Å²) in [5.74, 6) is 0.646. The fraction of sp³-hybridized carbons (Fsp3) is 0.550. The second kappa shape index (κ2) is 5.79. The zero-order valence-electron chi connectivity index (χ0n) is 14.3. The number of allylic oxidation sites excluding steroid dienone is 1. The van der Waals surface area contributed by atoms with Crippen LogP contribution in [0, 0.1) is 17.3 Å². The van der Waals surface area contributed by atoms with E-state index in [0.29, 0.717) is 30.6 Å². The first-order valence-electron chi connectivity index (χ1n) is 8.35. The lowest BCUT2D eigenvalue weighted by molar-refractivity contribution is -0.136. The van der Waals surface area contributed by atoms with E-state index in [4.69, 9.17) is 9.47 Å². The fourth-order valence-corrected chi connectivity index (χ4v) is 4.15. The largest absolute Gasteiger partial charge is 0.461 e. The van der Waals surface area contributed by atoms with E-state index in [1.54, 1.807) is 12.1 Å². The van der Waals surface area contributed by atoms with Gasteiger partial charge < -0.3 is 9.47 Å². The van der Waals surface area contributed by atoms with Gasteiger partial charge in [-0.15, -0.1) is 0 Å². The smallest absolute Gasteiger partial charge is 0.338 e. The predicted octanol–water partition coefficient (Wildman–Crippen LogP) is 4.24. The van der Waals surface area contributed by atoms with E-state index in [1.807, 2.05) is 18.2 Å². The Morgan fingerprint density at radius 2 is 2.00 bits per heavy atom. The van der Waals surface area contributed by atoms with Crippen molar-refractivity contribution in [2.45, 2.75) is 39.2 Å². The molecule has 0 radical (unpaired) electrons. The molecule has 1 unspecified atom stereocenters. The summed E-state index contributed by atoms with van der Waals surface area (Å²) in [7, 11) is 0. The Morgan fingerprint density at radius 3 is 2.65 bits per heavy atom. The molecule has 1 aliphatic carbocycles. The van der Waals surface area contributed by atoms with Crippen LogP contribution in [-0.2, 0) is 9.47 Å². The molecule has 1 aliphatic heterocycles. The van der Waals surface area contributed by atoms with Crippen LogP contribution < -0.4 is 0 Å². The van der Waals surface area contributed by atoms with Gasteiger partial charge >= 0.3 is 5.97 Å². The maximum Gasteiger partial charge on any atom is 0.338 e. The summed E-state index contributed by atoms with van der Waals surface area (Å²) in [6.45, 7) is 11.7. The van der Waals surface area contributed by atoms with Crippen molar-refractivity contribution in [1.29, 1.82) is 0 Å². The molecule has 1 aromatic carbocycles. The summed E-state index contributed by atoms with van der Waals surface area (Å²) in [5.41, 5.74) is 1.62. The average molecular weight is 314 g/mol. The lowest BCUT2D eigenvalue weighted by atomic mass is 9.77. The molecule has 23 heavy (non-hydrogen) atoms. The summed E-state index contributed by atoms with van der Waals surface area (Å²) in [6, 6.07) is 9.17. The minimum Gasteiger partial charge on any atom is -0.461 e. The Labute approximate surface area is 138 Å². The Hall–Kier alpha value is -1.61. The summed E-state index contributed by atoms with van der Waals surface area (Å²) < 4.78 is 11.8. The van der Waals surface area contributed by atoms with Crippen molar-refractivity contribution < 1.29 is 14.3 Å². The Balaban J connectivity index is 1.71. The maximum atomic E-state index is 12.2. The molecule has 3 rings (SSSR count). The van der Waals surface area contributed by atoms with Gasteiger partial charge in [0.1, 0.15) is 0 Å². The van der Waals surface area contributed by atoms with Gasteiger partial charge in [0.2, 0.25) is 0 Å². The van der Waals surface area contributed by atoms with Gasteiger partial charge in [-0.05, 0) is 57.6 Å². The van der Waals surface area contributed by atoms with Crippen molar-refractivity contribution in [1.82, 2.24) is 0 Å². The molecule has 3 heteroatoms. The normalized spacial score (nSPS) is 31.6. The molecule has 3 nitrogen and oxygen atoms in total. The lowest BCUT2D eigenvalue weighted by Gasteiger charge is -2.42. The van der Waals surface area contributed by atoms with Crippen LogP contribution >= 0.6 is 0 Å². The highest BCUT2D eigenvalue weighted by Gasteiger charge is 2.56. The fourth-order valence-electron chi connectivity index (χ4n) is 4.15. The van der Waals surface area contributed by atoms with E-state index < -0.39 is 0 Å². The number of rotatable bonds is 4. The lowest BCUT2D eigenvalue weighted by Crippen LogP contribution is -2.45. The number of esters is 1. The average Bonchev–Trinajstić information content (AvgIpc) is 2.89. The Bertz CT molecular complexity index is 605.